The van der Waals surface area contributed by atoms with E-state index in [9.17, 15) is 22.0 Å². The van der Waals surface area contributed by atoms with Gasteiger partial charge in [-0.1, -0.05) is 24.3 Å². The van der Waals surface area contributed by atoms with Crippen LogP contribution in [0, 0.1) is 29.1 Å². The summed E-state index contributed by atoms with van der Waals surface area (Å²) in [6.45, 7) is 1.58. The largest absolute Gasteiger partial charge is 0.381 e. The van der Waals surface area contributed by atoms with E-state index >= 15 is 0 Å². The number of halogens is 5. The molecular formula is C19H18F5NO2. The van der Waals surface area contributed by atoms with Crippen LogP contribution in [0.1, 0.15) is 24.0 Å². The first-order valence-corrected chi connectivity index (χ1v) is 8.50. The Morgan fingerprint density at radius 2 is 1.48 bits per heavy atom. The van der Waals surface area contributed by atoms with Crippen LogP contribution < -0.4 is 5.32 Å². The maximum Gasteiger partial charge on any atom is 0.200 e. The third kappa shape index (κ3) is 4.56. The van der Waals surface area contributed by atoms with Gasteiger partial charge in [0.15, 0.2) is 23.3 Å². The molecule has 1 fully saturated rings. The van der Waals surface area contributed by atoms with Gasteiger partial charge < -0.3 is 14.8 Å². The normalized spacial score (nSPS) is 15.1. The van der Waals surface area contributed by atoms with Crippen LogP contribution >= 0.6 is 0 Å². The number of hydrogen-bond acceptors (Lipinski definition) is 3. The fourth-order valence-corrected chi connectivity index (χ4v) is 2.84. The molecule has 0 radical (unpaired) electrons. The molecule has 3 rings (SSSR count). The number of ether oxygens (including phenoxy) is 2. The Balaban J connectivity index is 1.65. The van der Waals surface area contributed by atoms with Gasteiger partial charge >= 0.3 is 0 Å². The zero-order valence-electron chi connectivity index (χ0n) is 14.3. The maximum absolute atomic E-state index is 13.7. The first-order valence-electron chi connectivity index (χ1n) is 8.50. The van der Waals surface area contributed by atoms with E-state index in [4.69, 9.17) is 9.47 Å². The standard InChI is InChI=1S/C19H18F5NO2/c20-14-15(21)17(23)19(18(24)16(14)22)25-9-11-2-1-3-12(8-11)10-27-13-4-6-26-7-5-13/h1-3,8,13,25H,4-7,9-10H2. The van der Waals surface area contributed by atoms with E-state index < -0.39 is 34.8 Å². The smallest absolute Gasteiger partial charge is 0.200 e. The Labute approximate surface area is 153 Å². The number of hydrogen-bond donors (Lipinski definition) is 1. The molecule has 0 bridgehead atoms. The molecule has 0 saturated carbocycles. The monoisotopic (exact) mass is 387 g/mol. The van der Waals surface area contributed by atoms with Gasteiger partial charge in [0.25, 0.3) is 0 Å². The summed E-state index contributed by atoms with van der Waals surface area (Å²) in [5.41, 5.74) is 0.417. The first kappa shape index (κ1) is 19.6. The predicted molar refractivity (Wildman–Crippen MR) is 88.6 cm³/mol. The van der Waals surface area contributed by atoms with Crippen LogP contribution in [-0.4, -0.2) is 19.3 Å². The van der Waals surface area contributed by atoms with Crippen LogP contribution in [0.5, 0.6) is 0 Å². The van der Waals surface area contributed by atoms with Crippen molar-refractivity contribution in [1.29, 1.82) is 0 Å². The molecule has 0 aliphatic carbocycles. The Hall–Kier alpha value is -2.19. The van der Waals surface area contributed by atoms with E-state index in [1.807, 2.05) is 6.07 Å². The van der Waals surface area contributed by atoms with Gasteiger partial charge in [-0.15, -0.1) is 0 Å². The highest BCUT2D eigenvalue weighted by Gasteiger charge is 2.25. The van der Waals surface area contributed by atoms with E-state index in [0.717, 1.165) is 18.4 Å². The van der Waals surface area contributed by atoms with Crippen LogP contribution in [0.15, 0.2) is 24.3 Å². The fourth-order valence-electron chi connectivity index (χ4n) is 2.84. The van der Waals surface area contributed by atoms with Crippen LogP contribution in [0.25, 0.3) is 0 Å². The molecule has 2 aromatic carbocycles. The topological polar surface area (TPSA) is 30.5 Å². The van der Waals surface area contributed by atoms with Gasteiger partial charge in [0, 0.05) is 19.8 Å². The van der Waals surface area contributed by atoms with E-state index in [0.29, 0.717) is 25.4 Å². The zero-order valence-corrected chi connectivity index (χ0v) is 14.3. The second-order valence-corrected chi connectivity index (χ2v) is 6.24. The van der Waals surface area contributed by atoms with Crippen molar-refractivity contribution >= 4 is 5.69 Å². The number of rotatable bonds is 6. The third-order valence-corrected chi connectivity index (χ3v) is 4.32. The van der Waals surface area contributed by atoms with Gasteiger partial charge in [0.05, 0.1) is 12.7 Å². The van der Waals surface area contributed by atoms with E-state index in [2.05, 4.69) is 5.32 Å². The van der Waals surface area contributed by atoms with Crippen molar-refractivity contribution in [3.05, 3.63) is 64.5 Å². The molecule has 1 aliphatic heterocycles. The summed E-state index contributed by atoms with van der Waals surface area (Å²) >= 11 is 0. The Morgan fingerprint density at radius 1 is 0.889 bits per heavy atom. The lowest BCUT2D eigenvalue weighted by Crippen LogP contribution is -2.23. The summed E-state index contributed by atoms with van der Waals surface area (Å²) in [5.74, 6) is -9.90. The van der Waals surface area contributed by atoms with Crippen molar-refractivity contribution in [3.8, 4) is 0 Å². The van der Waals surface area contributed by atoms with E-state index in [-0.39, 0.29) is 12.6 Å². The van der Waals surface area contributed by atoms with Gasteiger partial charge in [-0.05, 0) is 24.0 Å². The van der Waals surface area contributed by atoms with Gasteiger partial charge in [-0.25, -0.2) is 22.0 Å². The molecule has 0 unspecified atom stereocenters. The lowest BCUT2D eigenvalue weighted by Gasteiger charge is -2.22. The van der Waals surface area contributed by atoms with E-state index in [1.165, 1.54) is 0 Å². The lowest BCUT2D eigenvalue weighted by molar-refractivity contribution is -0.0390. The van der Waals surface area contributed by atoms with Crippen LogP contribution in [0.2, 0.25) is 0 Å². The van der Waals surface area contributed by atoms with Crippen LogP contribution in [0.3, 0.4) is 0 Å². The van der Waals surface area contributed by atoms with Crippen LogP contribution in [-0.2, 0) is 22.6 Å². The molecule has 1 saturated heterocycles. The molecule has 0 atom stereocenters. The second kappa shape index (κ2) is 8.67. The van der Waals surface area contributed by atoms with Crippen molar-refractivity contribution in [2.24, 2.45) is 0 Å². The summed E-state index contributed by atoms with van der Waals surface area (Å²) in [5, 5.41) is 2.29. The van der Waals surface area contributed by atoms with Gasteiger partial charge in [0.2, 0.25) is 5.82 Å². The molecule has 8 heteroatoms. The van der Waals surface area contributed by atoms with Crippen LogP contribution in [0.4, 0.5) is 27.6 Å². The highest BCUT2D eigenvalue weighted by molar-refractivity contribution is 5.48. The molecule has 0 spiro atoms. The molecule has 3 nitrogen and oxygen atoms in total. The SMILES string of the molecule is Fc1c(F)c(F)c(NCc2cccc(COC3CCOCC3)c2)c(F)c1F. The molecule has 1 heterocycles. The van der Waals surface area contributed by atoms with Crippen molar-refractivity contribution in [2.45, 2.75) is 32.1 Å². The average molecular weight is 387 g/mol. The molecule has 1 aliphatic rings. The zero-order chi connectivity index (χ0) is 19.4. The minimum Gasteiger partial charge on any atom is -0.381 e. The van der Waals surface area contributed by atoms with Crippen molar-refractivity contribution in [3.63, 3.8) is 0 Å². The summed E-state index contributed by atoms with van der Waals surface area (Å²) < 4.78 is 78.0. The summed E-state index contributed by atoms with van der Waals surface area (Å²) in [4.78, 5) is 0. The highest BCUT2D eigenvalue weighted by atomic mass is 19.2. The maximum atomic E-state index is 13.7. The third-order valence-electron chi connectivity index (χ3n) is 4.32. The minimum atomic E-state index is -2.18. The Kier molecular flexibility index (Phi) is 6.28. The molecule has 2 aromatic rings. The molecule has 146 valence electrons. The number of benzene rings is 2. The summed E-state index contributed by atoms with van der Waals surface area (Å²) in [6.07, 6.45) is 1.76. The van der Waals surface area contributed by atoms with Crippen molar-refractivity contribution in [2.75, 3.05) is 18.5 Å². The van der Waals surface area contributed by atoms with Gasteiger partial charge in [0.1, 0.15) is 5.69 Å². The molecule has 27 heavy (non-hydrogen) atoms. The van der Waals surface area contributed by atoms with Gasteiger partial charge in [-0.3, -0.25) is 0 Å². The van der Waals surface area contributed by atoms with Gasteiger partial charge in [-0.2, -0.15) is 0 Å². The average Bonchev–Trinajstić information content (AvgIpc) is 2.70. The molecular weight excluding hydrogens is 369 g/mol. The Morgan fingerprint density at radius 3 is 2.15 bits per heavy atom. The molecule has 0 amide bonds. The first-order chi connectivity index (χ1) is 13.0. The molecule has 1 N–H and O–H groups in total. The molecule has 0 aromatic heterocycles. The van der Waals surface area contributed by atoms with Crippen molar-refractivity contribution < 1.29 is 31.4 Å². The lowest BCUT2D eigenvalue weighted by atomic mass is 10.1. The summed E-state index contributed by atoms with van der Waals surface area (Å²) in [7, 11) is 0. The van der Waals surface area contributed by atoms with Crippen molar-refractivity contribution in [1.82, 2.24) is 0 Å². The Bertz CT molecular complexity index is 780. The summed E-state index contributed by atoms with van der Waals surface area (Å²) in [6, 6.07) is 6.99. The predicted octanol–water partition coefficient (Wildman–Crippen LogP) is 4.69. The quantitative estimate of drug-likeness (QED) is 0.443. The number of nitrogens with one attached hydrogen (secondary N) is 1. The highest BCUT2D eigenvalue weighted by Crippen LogP contribution is 2.27. The fraction of sp³-hybridized carbons (Fsp3) is 0.368. The van der Waals surface area contributed by atoms with E-state index in [1.54, 1.807) is 18.2 Å². The minimum absolute atomic E-state index is 0.108. The second-order valence-electron chi connectivity index (χ2n) is 6.24. The number of anilines is 1.